The lowest BCUT2D eigenvalue weighted by Crippen LogP contribution is -2.32. The van der Waals surface area contributed by atoms with E-state index >= 15 is 0 Å². The Morgan fingerprint density at radius 2 is 2.05 bits per heavy atom. The number of aromatic carboxylic acids is 1. The number of carbonyl (C=O) groups is 2. The van der Waals surface area contributed by atoms with E-state index in [0.29, 0.717) is 12.2 Å². The van der Waals surface area contributed by atoms with Gasteiger partial charge in [0, 0.05) is 19.3 Å². The average Bonchev–Trinajstić information content (AvgIpc) is 2.37. The number of nitrogens with one attached hydrogen (secondary N) is 1. The van der Waals surface area contributed by atoms with Crippen molar-refractivity contribution in [3.8, 4) is 0 Å². The summed E-state index contributed by atoms with van der Waals surface area (Å²) in [5.74, 6) is -0.971. The molecule has 0 aliphatic heterocycles. The number of unbranched alkanes of at least 4 members (excludes halogenated alkanes) is 1. The van der Waals surface area contributed by atoms with Crippen molar-refractivity contribution in [2.45, 2.75) is 26.7 Å². The molecular weight excluding hydrogens is 244 g/mol. The molecule has 0 aromatic heterocycles. The van der Waals surface area contributed by atoms with Gasteiger partial charge in [-0.2, -0.15) is 0 Å². The number of carboxylic acid groups (broad SMARTS) is 1. The van der Waals surface area contributed by atoms with E-state index in [9.17, 15) is 9.59 Å². The number of aryl methyl sites for hydroxylation is 1. The van der Waals surface area contributed by atoms with Gasteiger partial charge in [-0.05, 0) is 37.1 Å². The van der Waals surface area contributed by atoms with Crippen molar-refractivity contribution >= 4 is 17.7 Å². The molecule has 1 rings (SSSR count). The number of urea groups is 1. The fourth-order valence-corrected chi connectivity index (χ4v) is 1.64. The Morgan fingerprint density at radius 1 is 1.37 bits per heavy atom. The summed E-state index contributed by atoms with van der Waals surface area (Å²) in [7, 11) is 1.74. The van der Waals surface area contributed by atoms with Crippen LogP contribution in [0.25, 0.3) is 0 Å². The molecule has 0 heterocycles. The summed E-state index contributed by atoms with van der Waals surface area (Å²) in [6.45, 7) is 4.54. The van der Waals surface area contributed by atoms with Crippen molar-refractivity contribution in [2.75, 3.05) is 18.9 Å². The van der Waals surface area contributed by atoms with E-state index in [1.807, 2.05) is 0 Å². The summed E-state index contributed by atoms with van der Waals surface area (Å²) in [5.41, 5.74) is 1.59. The highest BCUT2D eigenvalue weighted by atomic mass is 16.4. The SMILES string of the molecule is CCCCN(C)C(=O)Nc1ccc(C(=O)O)cc1C. The van der Waals surface area contributed by atoms with Crippen molar-refractivity contribution in [1.29, 1.82) is 0 Å². The topological polar surface area (TPSA) is 69.6 Å². The van der Waals surface area contributed by atoms with Crippen LogP contribution >= 0.6 is 0 Å². The van der Waals surface area contributed by atoms with Gasteiger partial charge in [-0.15, -0.1) is 0 Å². The lowest BCUT2D eigenvalue weighted by molar-refractivity contribution is 0.0697. The molecule has 2 amide bonds. The standard InChI is InChI=1S/C14H20N2O3/c1-4-5-8-16(3)14(19)15-12-7-6-11(13(17)18)9-10(12)2/h6-7,9H,4-5,8H2,1-3H3,(H,15,19)(H,17,18). The minimum atomic E-state index is -0.971. The first kappa shape index (κ1) is 15.0. The number of benzene rings is 1. The van der Waals surface area contributed by atoms with Crippen LogP contribution in [0.5, 0.6) is 0 Å². The predicted molar refractivity (Wildman–Crippen MR) is 74.7 cm³/mol. The number of anilines is 1. The Hall–Kier alpha value is -2.04. The molecular formula is C14H20N2O3. The molecule has 0 aliphatic carbocycles. The highest BCUT2D eigenvalue weighted by Crippen LogP contribution is 2.17. The van der Waals surface area contributed by atoms with Crippen molar-refractivity contribution in [3.05, 3.63) is 29.3 Å². The lowest BCUT2D eigenvalue weighted by Gasteiger charge is -2.18. The maximum absolute atomic E-state index is 11.9. The summed E-state index contributed by atoms with van der Waals surface area (Å²) < 4.78 is 0. The average molecular weight is 264 g/mol. The molecule has 19 heavy (non-hydrogen) atoms. The van der Waals surface area contributed by atoms with Gasteiger partial charge in [0.05, 0.1) is 5.56 Å². The second-order valence-corrected chi connectivity index (χ2v) is 4.54. The Balaban J connectivity index is 2.72. The van der Waals surface area contributed by atoms with Crippen molar-refractivity contribution in [1.82, 2.24) is 4.90 Å². The van der Waals surface area contributed by atoms with Gasteiger partial charge in [0.2, 0.25) is 0 Å². The van der Waals surface area contributed by atoms with Crippen molar-refractivity contribution < 1.29 is 14.7 Å². The number of amides is 2. The molecule has 2 N–H and O–H groups in total. The van der Waals surface area contributed by atoms with Crippen LogP contribution in [0.3, 0.4) is 0 Å². The van der Waals surface area contributed by atoms with Gasteiger partial charge in [0.1, 0.15) is 0 Å². The Kier molecular flexibility index (Phi) is 5.36. The van der Waals surface area contributed by atoms with Crippen LogP contribution in [0, 0.1) is 6.92 Å². The van der Waals surface area contributed by atoms with E-state index in [0.717, 1.165) is 18.4 Å². The molecule has 0 radical (unpaired) electrons. The van der Waals surface area contributed by atoms with Gasteiger partial charge in [-0.1, -0.05) is 13.3 Å². The molecule has 0 saturated carbocycles. The fourth-order valence-electron chi connectivity index (χ4n) is 1.64. The zero-order valence-electron chi connectivity index (χ0n) is 11.6. The van der Waals surface area contributed by atoms with E-state index in [4.69, 9.17) is 5.11 Å². The molecule has 0 saturated heterocycles. The quantitative estimate of drug-likeness (QED) is 0.859. The number of carboxylic acids is 1. The second kappa shape index (κ2) is 6.78. The third-order valence-electron chi connectivity index (χ3n) is 2.91. The zero-order chi connectivity index (χ0) is 14.4. The molecule has 5 nitrogen and oxygen atoms in total. The minimum Gasteiger partial charge on any atom is -0.478 e. The van der Waals surface area contributed by atoms with E-state index in [2.05, 4.69) is 12.2 Å². The third kappa shape index (κ3) is 4.28. The van der Waals surface area contributed by atoms with E-state index in [-0.39, 0.29) is 11.6 Å². The van der Waals surface area contributed by atoms with E-state index < -0.39 is 5.97 Å². The minimum absolute atomic E-state index is 0.181. The monoisotopic (exact) mass is 264 g/mol. The van der Waals surface area contributed by atoms with Crippen LogP contribution in [0.4, 0.5) is 10.5 Å². The van der Waals surface area contributed by atoms with Gasteiger partial charge < -0.3 is 15.3 Å². The predicted octanol–water partition coefficient (Wildman–Crippen LogP) is 2.96. The first-order valence-corrected chi connectivity index (χ1v) is 6.31. The molecule has 1 aromatic carbocycles. The smallest absolute Gasteiger partial charge is 0.335 e. The van der Waals surface area contributed by atoms with E-state index in [1.54, 1.807) is 31.0 Å². The number of carbonyl (C=O) groups excluding carboxylic acids is 1. The van der Waals surface area contributed by atoms with Gasteiger partial charge in [0.15, 0.2) is 0 Å². The maximum atomic E-state index is 11.9. The van der Waals surface area contributed by atoms with Crippen LogP contribution in [0.1, 0.15) is 35.7 Å². The van der Waals surface area contributed by atoms with Gasteiger partial charge in [0.25, 0.3) is 0 Å². The second-order valence-electron chi connectivity index (χ2n) is 4.54. The lowest BCUT2D eigenvalue weighted by atomic mass is 10.1. The van der Waals surface area contributed by atoms with Crippen molar-refractivity contribution in [2.24, 2.45) is 0 Å². The summed E-state index contributed by atoms with van der Waals surface area (Å²) in [6.07, 6.45) is 1.99. The van der Waals surface area contributed by atoms with Crippen LogP contribution in [0.2, 0.25) is 0 Å². The normalized spacial score (nSPS) is 10.1. The summed E-state index contributed by atoms with van der Waals surface area (Å²) in [6, 6.07) is 4.46. The first-order chi connectivity index (χ1) is 8.95. The van der Waals surface area contributed by atoms with Gasteiger partial charge in [-0.25, -0.2) is 9.59 Å². The summed E-state index contributed by atoms with van der Waals surface area (Å²) in [4.78, 5) is 24.3. The van der Waals surface area contributed by atoms with Crippen molar-refractivity contribution in [3.63, 3.8) is 0 Å². The largest absolute Gasteiger partial charge is 0.478 e. The summed E-state index contributed by atoms with van der Waals surface area (Å²) in [5, 5.41) is 11.7. The molecule has 5 heteroatoms. The Labute approximate surface area is 113 Å². The number of hydrogen-bond acceptors (Lipinski definition) is 2. The molecule has 0 fully saturated rings. The number of nitrogens with zero attached hydrogens (tertiary/aromatic N) is 1. The highest BCUT2D eigenvalue weighted by molar-refractivity contribution is 5.92. The molecule has 0 aliphatic rings. The highest BCUT2D eigenvalue weighted by Gasteiger charge is 2.11. The number of rotatable bonds is 5. The Bertz CT molecular complexity index is 472. The first-order valence-electron chi connectivity index (χ1n) is 6.31. The molecule has 0 spiro atoms. The molecule has 0 unspecified atom stereocenters. The van der Waals surface area contributed by atoms with E-state index in [1.165, 1.54) is 6.07 Å². The molecule has 104 valence electrons. The fraction of sp³-hybridized carbons (Fsp3) is 0.429. The van der Waals surface area contributed by atoms with Crippen LogP contribution in [-0.2, 0) is 0 Å². The van der Waals surface area contributed by atoms with Gasteiger partial charge >= 0.3 is 12.0 Å². The van der Waals surface area contributed by atoms with Crippen LogP contribution in [-0.4, -0.2) is 35.6 Å². The number of hydrogen-bond donors (Lipinski definition) is 2. The molecule has 0 bridgehead atoms. The zero-order valence-corrected chi connectivity index (χ0v) is 11.6. The summed E-state index contributed by atoms with van der Waals surface area (Å²) >= 11 is 0. The Morgan fingerprint density at radius 3 is 2.58 bits per heavy atom. The van der Waals surface area contributed by atoms with Crippen LogP contribution < -0.4 is 5.32 Å². The molecule has 1 aromatic rings. The molecule has 0 atom stereocenters. The maximum Gasteiger partial charge on any atom is 0.335 e. The van der Waals surface area contributed by atoms with Crippen LogP contribution in [0.15, 0.2) is 18.2 Å². The third-order valence-corrected chi connectivity index (χ3v) is 2.91. The van der Waals surface area contributed by atoms with Gasteiger partial charge in [-0.3, -0.25) is 0 Å².